The molecule has 0 N–H and O–H groups in total. The second-order valence-electron chi connectivity index (χ2n) is 1.51. The van der Waals surface area contributed by atoms with E-state index in [1.807, 2.05) is 0 Å². The summed E-state index contributed by atoms with van der Waals surface area (Å²) in [5.41, 5.74) is 0. The Morgan fingerprint density at radius 2 is 2.00 bits per heavy atom. The predicted molar refractivity (Wildman–Crippen MR) is 38.0 cm³/mol. The average molecular weight is 171 g/mol. The second-order valence-corrected chi connectivity index (χ2v) is 1.91. The van der Waals surface area contributed by atoms with Crippen LogP contribution >= 0.6 is 15.9 Å². The van der Waals surface area contributed by atoms with Gasteiger partial charge in [0.1, 0.15) is 0 Å². The van der Waals surface area contributed by atoms with Crippen molar-refractivity contribution in [1.29, 1.82) is 0 Å². The molecule has 0 atom stereocenters. The van der Waals surface area contributed by atoms with Crippen LogP contribution in [-0.2, 0) is 0 Å². The number of hydrogen-bond donors (Lipinski definition) is 0. The summed E-state index contributed by atoms with van der Waals surface area (Å²) in [5, 5.41) is 0. The van der Waals surface area contributed by atoms with E-state index in [4.69, 9.17) is 0 Å². The molecule has 0 aliphatic heterocycles. The lowest BCUT2D eigenvalue weighted by molar-refractivity contribution is 1.18. The summed E-state index contributed by atoms with van der Waals surface area (Å²) in [4.78, 5) is 2.69. The Balaban J connectivity index is 0.000000360. The lowest BCUT2D eigenvalue weighted by Crippen LogP contribution is -1.54. The minimum absolute atomic E-state index is 0. The van der Waals surface area contributed by atoms with Crippen LogP contribution in [0.3, 0.4) is 0 Å². The highest BCUT2D eigenvalue weighted by Gasteiger charge is 2.17. The average Bonchev–Trinajstić information content (AvgIpc) is 2.21. The third-order valence-corrected chi connectivity index (χ3v) is 1.06. The van der Waals surface area contributed by atoms with Gasteiger partial charge in [0.2, 0.25) is 0 Å². The molecule has 0 heterocycles. The van der Waals surface area contributed by atoms with Gasteiger partial charge in [-0.05, 0) is 17.7 Å². The van der Waals surface area contributed by atoms with Gasteiger partial charge < -0.3 is 0 Å². The molecular formula is C5H7BrMg. The van der Waals surface area contributed by atoms with Crippen molar-refractivity contribution in [3.63, 3.8) is 0 Å². The lowest BCUT2D eigenvalue weighted by Gasteiger charge is -1.61. The van der Waals surface area contributed by atoms with Gasteiger partial charge in [-0.3, -0.25) is 0 Å². The molecule has 2 heteroatoms. The van der Waals surface area contributed by atoms with Crippen LogP contribution in [0.15, 0.2) is 0 Å². The van der Waals surface area contributed by atoms with Crippen LogP contribution in [0.4, 0.5) is 0 Å². The third kappa shape index (κ3) is 3.39. The molecule has 1 fully saturated rings. The molecule has 0 aromatic carbocycles. The van der Waals surface area contributed by atoms with E-state index in [1.165, 1.54) is 12.8 Å². The summed E-state index contributed by atoms with van der Waals surface area (Å²) in [7, 11) is 0. The smallest absolute Gasteiger partial charge is 0.0874 e. The van der Waals surface area contributed by atoms with Gasteiger partial charge in [0.15, 0.2) is 0 Å². The molecule has 0 amide bonds. The molecule has 0 radical (unpaired) electrons. The van der Waals surface area contributed by atoms with E-state index < -0.39 is 0 Å². The maximum absolute atomic E-state index is 3.03. The summed E-state index contributed by atoms with van der Waals surface area (Å²) in [6.07, 6.45) is 2.64. The van der Waals surface area contributed by atoms with Crippen LogP contribution in [0.5, 0.6) is 0 Å². The normalized spacial score (nSPS) is 16.1. The quantitative estimate of drug-likeness (QED) is 0.374. The van der Waals surface area contributed by atoms with Gasteiger partial charge in [0.25, 0.3) is 0 Å². The molecule has 1 aliphatic carbocycles. The first-order chi connectivity index (χ1) is 2.93. The van der Waals surface area contributed by atoms with Crippen LogP contribution in [-0.4, -0.2) is 23.1 Å². The van der Waals surface area contributed by atoms with E-state index in [-0.39, 0.29) is 23.1 Å². The van der Waals surface area contributed by atoms with E-state index in [1.54, 1.807) is 0 Å². The first kappa shape index (κ1) is 7.81. The van der Waals surface area contributed by atoms with Crippen LogP contribution in [0.1, 0.15) is 12.8 Å². The summed E-state index contributed by atoms with van der Waals surface area (Å²) in [6, 6.07) is 0. The zero-order chi connectivity index (χ0) is 4.41. The molecule has 0 nitrogen and oxygen atoms in total. The molecule has 0 saturated heterocycles. The van der Waals surface area contributed by atoms with Crippen LogP contribution in [0, 0.1) is 16.7 Å². The highest BCUT2D eigenvalue weighted by molar-refractivity contribution is 9.12. The zero-order valence-electron chi connectivity index (χ0n) is 3.37. The Morgan fingerprint density at radius 3 is 2.14 bits per heavy atom. The van der Waals surface area contributed by atoms with Crippen molar-refractivity contribution in [2.75, 3.05) is 0 Å². The van der Waals surface area contributed by atoms with Gasteiger partial charge in [-0.25, -0.2) is 0 Å². The topological polar surface area (TPSA) is 0 Å². The van der Waals surface area contributed by atoms with Gasteiger partial charge in [0.05, 0.1) is 0 Å². The summed E-state index contributed by atoms with van der Waals surface area (Å²) >= 11 is 3.03. The summed E-state index contributed by atoms with van der Waals surface area (Å²) in [6.45, 7) is 0. The highest BCUT2D eigenvalue weighted by atomic mass is 79.9. The molecule has 1 saturated carbocycles. The molecule has 0 aromatic rings. The van der Waals surface area contributed by atoms with E-state index in [0.29, 0.717) is 0 Å². The van der Waals surface area contributed by atoms with Gasteiger partial charge in [-0.15, -0.1) is 0 Å². The predicted octanol–water partition coefficient (Wildman–Crippen LogP) is 0.836. The van der Waals surface area contributed by atoms with Crippen molar-refractivity contribution in [1.82, 2.24) is 0 Å². The Kier molecular flexibility index (Phi) is 4.20. The Bertz CT molecular complexity index is 96.4. The standard InChI is InChI=1S/C5H5Br.Mg.2H/c6-4-3-5-1-2-5;;;/h5H,1-2H2;;;. The van der Waals surface area contributed by atoms with Crippen molar-refractivity contribution in [3.8, 4) is 10.8 Å². The van der Waals surface area contributed by atoms with Gasteiger partial charge in [-0.2, -0.15) is 0 Å². The van der Waals surface area contributed by atoms with Crippen LogP contribution < -0.4 is 0 Å². The van der Waals surface area contributed by atoms with E-state index in [2.05, 4.69) is 26.7 Å². The number of hydrogen-bond acceptors (Lipinski definition) is 0. The number of rotatable bonds is 0. The van der Waals surface area contributed by atoms with Crippen molar-refractivity contribution in [2.45, 2.75) is 12.8 Å². The minimum Gasteiger partial charge on any atom is -0.0874 e. The molecule has 0 spiro atoms. The molecule has 0 bridgehead atoms. The maximum atomic E-state index is 3.03. The van der Waals surface area contributed by atoms with Crippen molar-refractivity contribution < 1.29 is 0 Å². The molecule has 0 unspecified atom stereocenters. The fraction of sp³-hybridized carbons (Fsp3) is 0.600. The molecule has 1 aliphatic rings. The summed E-state index contributed by atoms with van der Waals surface area (Å²) < 4.78 is 0. The van der Waals surface area contributed by atoms with Crippen LogP contribution in [0.2, 0.25) is 0 Å². The Hall–Kier alpha value is 0.806. The largest absolute Gasteiger partial charge is 0.316 e. The third-order valence-electron chi connectivity index (χ3n) is 0.836. The fourth-order valence-corrected chi connectivity index (χ4v) is 0.629. The minimum atomic E-state index is 0. The first-order valence-corrected chi connectivity index (χ1v) is 2.84. The molecule has 1 rings (SSSR count). The lowest BCUT2D eigenvalue weighted by atomic mass is 10.5. The van der Waals surface area contributed by atoms with Crippen molar-refractivity contribution in [3.05, 3.63) is 0 Å². The molecule has 0 aromatic heterocycles. The SMILES string of the molecule is BrC#CC1CC1.[MgH2]. The van der Waals surface area contributed by atoms with Crippen molar-refractivity contribution >= 4 is 39.0 Å². The monoisotopic (exact) mass is 170 g/mol. The maximum Gasteiger partial charge on any atom is 0.316 e. The van der Waals surface area contributed by atoms with Crippen molar-refractivity contribution in [2.24, 2.45) is 5.92 Å². The van der Waals surface area contributed by atoms with Gasteiger partial charge in [-0.1, -0.05) is 5.92 Å². The Morgan fingerprint density at radius 1 is 1.43 bits per heavy atom. The van der Waals surface area contributed by atoms with E-state index in [9.17, 15) is 0 Å². The molecule has 36 valence electrons. The highest BCUT2D eigenvalue weighted by Crippen LogP contribution is 2.27. The molecular weight excluding hydrogens is 164 g/mol. The Labute approximate surface area is 68.3 Å². The second kappa shape index (κ2) is 3.77. The fourth-order valence-electron chi connectivity index (χ4n) is 0.305. The van der Waals surface area contributed by atoms with E-state index >= 15 is 0 Å². The van der Waals surface area contributed by atoms with Crippen LogP contribution in [0.25, 0.3) is 0 Å². The first-order valence-electron chi connectivity index (χ1n) is 2.04. The molecule has 7 heavy (non-hydrogen) atoms. The number of halogens is 1. The zero-order valence-corrected chi connectivity index (χ0v) is 4.96. The van der Waals surface area contributed by atoms with Gasteiger partial charge >= 0.3 is 23.1 Å². The van der Waals surface area contributed by atoms with E-state index in [0.717, 1.165) is 5.92 Å². The van der Waals surface area contributed by atoms with Gasteiger partial charge in [0, 0.05) is 21.8 Å². The summed E-state index contributed by atoms with van der Waals surface area (Å²) in [5.74, 6) is 3.73.